The molecule has 0 bridgehead atoms. The second kappa shape index (κ2) is 10.3. The Bertz CT molecular complexity index is 811. The molecule has 1 aliphatic heterocycles. The second-order valence-electron chi connectivity index (χ2n) is 7.10. The van der Waals surface area contributed by atoms with Crippen LogP contribution in [0.2, 0.25) is 0 Å². The molecule has 2 heterocycles. The number of aromatic nitrogens is 1. The van der Waals surface area contributed by atoms with E-state index in [1.807, 2.05) is 30.3 Å². The van der Waals surface area contributed by atoms with E-state index >= 15 is 0 Å². The van der Waals surface area contributed by atoms with Crippen LogP contribution < -0.4 is 15.4 Å². The molecule has 2 amide bonds. The van der Waals surface area contributed by atoms with Crippen LogP contribution >= 0.6 is 0 Å². The maximum Gasteiger partial charge on any atom is 0.422 e. The van der Waals surface area contributed by atoms with Gasteiger partial charge in [0.25, 0.3) is 0 Å². The summed E-state index contributed by atoms with van der Waals surface area (Å²) >= 11 is 0. The SMILES string of the molecule is O=C(NCc1cccnc1OCC(F)(F)F)NCC(c1ccccc1)N1CCCC1. The maximum absolute atomic E-state index is 12.4. The summed E-state index contributed by atoms with van der Waals surface area (Å²) < 4.78 is 41.9. The van der Waals surface area contributed by atoms with Gasteiger partial charge in [0.05, 0.1) is 6.04 Å². The largest absolute Gasteiger partial charge is 0.468 e. The number of likely N-dealkylation sites (tertiary alicyclic amines) is 1. The number of nitrogens with one attached hydrogen (secondary N) is 2. The number of urea groups is 1. The van der Waals surface area contributed by atoms with Crippen molar-refractivity contribution in [1.82, 2.24) is 20.5 Å². The van der Waals surface area contributed by atoms with Crippen molar-refractivity contribution in [1.29, 1.82) is 0 Å². The molecule has 1 atom stereocenters. The van der Waals surface area contributed by atoms with Crippen LogP contribution in [0.4, 0.5) is 18.0 Å². The van der Waals surface area contributed by atoms with Crippen molar-refractivity contribution in [2.75, 3.05) is 26.2 Å². The van der Waals surface area contributed by atoms with Gasteiger partial charge < -0.3 is 15.4 Å². The van der Waals surface area contributed by atoms with Gasteiger partial charge in [-0.25, -0.2) is 9.78 Å². The number of alkyl halides is 3. The molecule has 0 saturated carbocycles. The molecule has 9 heteroatoms. The summed E-state index contributed by atoms with van der Waals surface area (Å²) in [7, 11) is 0. The number of pyridine rings is 1. The predicted octanol–water partition coefficient (Wildman–Crippen LogP) is 3.66. The van der Waals surface area contributed by atoms with E-state index in [4.69, 9.17) is 4.74 Å². The van der Waals surface area contributed by atoms with Crippen molar-refractivity contribution in [3.63, 3.8) is 0 Å². The fourth-order valence-corrected chi connectivity index (χ4v) is 3.45. The Kier molecular flexibility index (Phi) is 7.51. The number of hydrogen-bond acceptors (Lipinski definition) is 4. The van der Waals surface area contributed by atoms with Crippen molar-refractivity contribution in [3.05, 3.63) is 59.8 Å². The molecule has 1 aromatic carbocycles. The lowest BCUT2D eigenvalue weighted by Crippen LogP contribution is -2.41. The zero-order valence-electron chi connectivity index (χ0n) is 16.5. The molecule has 162 valence electrons. The number of hydrogen-bond donors (Lipinski definition) is 2. The summed E-state index contributed by atoms with van der Waals surface area (Å²) in [4.78, 5) is 18.5. The number of benzene rings is 1. The van der Waals surface area contributed by atoms with Gasteiger partial charge in [-0.2, -0.15) is 13.2 Å². The standard InChI is InChI=1S/C21H25F3N4O2/c22-21(23,24)15-30-19-17(9-6-10-25-19)13-26-20(29)27-14-18(28-11-4-5-12-28)16-7-2-1-3-8-16/h1-3,6-10,18H,4-5,11-15H2,(H2,26,27,29). The molecular formula is C21H25F3N4O2. The topological polar surface area (TPSA) is 66.5 Å². The molecule has 0 radical (unpaired) electrons. The van der Waals surface area contributed by atoms with Gasteiger partial charge in [-0.05, 0) is 37.6 Å². The van der Waals surface area contributed by atoms with Gasteiger partial charge in [0.2, 0.25) is 5.88 Å². The lowest BCUT2D eigenvalue weighted by Gasteiger charge is -2.28. The molecule has 1 aliphatic rings. The van der Waals surface area contributed by atoms with E-state index in [2.05, 4.69) is 20.5 Å². The first-order chi connectivity index (χ1) is 14.4. The van der Waals surface area contributed by atoms with Crippen molar-refractivity contribution in [2.45, 2.75) is 31.6 Å². The van der Waals surface area contributed by atoms with Crippen molar-refractivity contribution in [2.24, 2.45) is 0 Å². The Morgan fingerprint density at radius 3 is 2.53 bits per heavy atom. The summed E-state index contributed by atoms with van der Waals surface area (Å²) in [5.41, 5.74) is 1.51. The number of nitrogens with zero attached hydrogens (tertiary/aromatic N) is 2. The first-order valence-corrected chi connectivity index (χ1v) is 9.86. The predicted molar refractivity (Wildman–Crippen MR) is 106 cm³/mol. The lowest BCUT2D eigenvalue weighted by molar-refractivity contribution is -0.154. The van der Waals surface area contributed by atoms with Crippen molar-refractivity contribution < 1.29 is 22.7 Å². The van der Waals surface area contributed by atoms with Crippen LogP contribution in [0.25, 0.3) is 0 Å². The van der Waals surface area contributed by atoms with E-state index in [0.29, 0.717) is 12.1 Å². The highest BCUT2D eigenvalue weighted by atomic mass is 19.4. The highest BCUT2D eigenvalue weighted by Gasteiger charge is 2.29. The fourth-order valence-electron chi connectivity index (χ4n) is 3.45. The molecule has 6 nitrogen and oxygen atoms in total. The Balaban J connectivity index is 1.54. The van der Waals surface area contributed by atoms with Gasteiger partial charge in [-0.1, -0.05) is 36.4 Å². The molecule has 0 aliphatic carbocycles. The van der Waals surface area contributed by atoms with Crippen LogP contribution in [-0.2, 0) is 6.54 Å². The van der Waals surface area contributed by atoms with Gasteiger partial charge in [0.1, 0.15) is 0 Å². The van der Waals surface area contributed by atoms with Crippen LogP contribution in [0.15, 0.2) is 48.7 Å². The number of carbonyl (C=O) groups is 1. The van der Waals surface area contributed by atoms with Crippen LogP contribution in [-0.4, -0.2) is 48.3 Å². The minimum absolute atomic E-state index is 0.00653. The zero-order valence-corrected chi connectivity index (χ0v) is 16.5. The summed E-state index contributed by atoms with van der Waals surface area (Å²) in [6, 6.07) is 12.8. The maximum atomic E-state index is 12.4. The minimum Gasteiger partial charge on any atom is -0.468 e. The highest BCUT2D eigenvalue weighted by molar-refractivity contribution is 5.73. The van der Waals surface area contributed by atoms with Gasteiger partial charge >= 0.3 is 12.2 Å². The van der Waals surface area contributed by atoms with Crippen molar-refractivity contribution in [3.8, 4) is 5.88 Å². The summed E-state index contributed by atoms with van der Waals surface area (Å²) in [5, 5.41) is 5.54. The lowest BCUT2D eigenvalue weighted by atomic mass is 10.1. The molecule has 3 rings (SSSR count). The number of ether oxygens (including phenoxy) is 1. The van der Waals surface area contributed by atoms with Gasteiger partial charge in [0, 0.05) is 24.8 Å². The van der Waals surface area contributed by atoms with Crippen LogP contribution in [0, 0.1) is 0 Å². The van der Waals surface area contributed by atoms with E-state index in [1.54, 1.807) is 12.1 Å². The summed E-state index contributed by atoms with van der Waals surface area (Å²) in [5.74, 6) is -0.144. The third kappa shape index (κ3) is 6.62. The molecule has 2 N–H and O–H groups in total. The average Bonchev–Trinajstić information content (AvgIpc) is 3.26. The Morgan fingerprint density at radius 2 is 1.83 bits per heavy atom. The number of carbonyl (C=O) groups excluding carboxylic acids is 1. The van der Waals surface area contributed by atoms with Crippen LogP contribution in [0.5, 0.6) is 5.88 Å². The van der Waals surface area contributed by atoms with E-state index in [9.17, 15) is 18.0 Å². The highest BCUT2D eigenvalue weighted by Crippen LogP contribution is 2.24. The summed E-state index contributed by atoms with van der Waals surface area (Å²) in [6.07, 6.45) is -0.841. The first kappa shape index (κ1) is 21.9. The Hall–Kier alpha value is -2.81. The quantitative estimate of drug-likeness (QED) is 0.682. The smallest absolute Gasteiger partial charge is 0.422 e. The third-order valence-electron chi connectivity index (χ3n) is 4.88. The summed E-state index contributed by atoms with van der Waals surface area (Å²) in [6.45, 7) is 0.974. The minimum atomic E-state index is -4.46. The number of rotatable bonds is 8. The first-order valence-electron chi connectivity index (χ1n) is 9.86. The van der Waals surface area contributed by atoms with E-state index in [-0.39, 0.29) is 18.5 Å². The molecule has 1 fully saturated rings. The van der Waals surface area contributed by atoms with Crippen LogP contribution in [0.1, 0.15) is 30.0 Å². The average molecular weight is 422 g/mol. The van der Waals surface area contributed by atoms with E-state index in [0.717, 1.165) is 31.5 Å². The molecule has 2 aromatic rings. The molecule has 1 saturated heterocycles. The normalized spacial score (nSPS) is 15.6. The third-order valence-corrected chi connectivity index (χ3v) is 4.88. The van der Waals surface area contributed by atoms with Gasteiger partial charge in [-0.3, -0.25) is 4.90 Å². The Morgan fingerprint density at radius 1 is 1.10 bits per heavy atom. The van der Waals surface area contributed by atoms with E-state index < -0.39 is 18.8 Å². The molecule has 0 spiro atoms. The van der Waals surface area contributed by atoms with E-state index in [1.165, 1.54) is 6.20 Å². The second-order valence-corrected chi connectivity index (χ2v) is 7.10. The number of amides is 2. The molecule has 1 unspecified atom stereocenters. The van der Waals surface area contributed by atoms with Gasteiger partial charge in [-0.15, -0.1) is 0 Å². The Labute approximate surface area is 173 Å². The monoisotopic (exact) mass is 422 g/mol. The molecular weight excluding hydrogens is 397 g/mol. The fraction of sp³-hybridized carbons (Fsp3) is 0.429. The zero-order chi connectivity index (χ0) is 21.4. The molecule has 30 heavy (non-hydrogen) atoms. The van der Waals surface area contributed by atoms with Crippen LogP contribution in [0.3, 0.4) is 0 Å². The van der Waals surface area contributed by atoms with Crippen molar-refractivity contribution >= 4 is 6.03 Å². The van der Waals surface area contributed by atoms with Gasteiger partial charge in [0.15, 0.2) is 6.61 Å². The number of halogens is 3. The molecule has 1 aromatic heterocycles.